The zero-order valence-corrected chi connectivity index (χ0v) is 10.5. The second-order valence-electron chi connectivity index (χ2n) is 4.74. The topological polar surface area (TPSA) is 113 Å². The van der Waals surface area contributed by atoms with Gasteiger partial charge in [-0.2, -0.15) is 0 Å². The summed E-state index contributed by atoms with van der Waals surface area (Å²) in [4.78, 5) is 35.0. The van der Waals surface area contributed by atoms with Crippen LogP contribution in [-0.4, -0.2) is 47.0 Å². The smallest absolute Gasteiger partial charge is 0.318 e. The van der Waals surface area contributed by atoms with E-state index in [0.717, 1.165) is 0 Å². The van der Waals surface area contributed by atoms with Crippen LogP contribution in [0, 0.1) is 11.8 Å². The molecule has 0 aromatic rings. The highest BCUT2D eigenvalue weighted by Gasteiger charge is 2.34. The van der Waals surface area contributed by atoms with Crippen molar-refractivity contribution in [3.63, 3.8) is 0 Å². The summed E-state index contributed by atoms with van der Waals surface area (Å²) >= 11 is 0. The van der Waals surface area contributed by atoms with E-state index >= 15 is 0 Å². The number of nitrogens with zero attached hydrogens (tertiary/aromatic N) is 1. The minimum absolute atomic E-state index is 0.0277. The van der Waals surface area contributed by atoms with E-state index in [2.05, 4.69) is 0 Å². The monoisotopic (exact) mass is 257 g/mol. The lowest BCUT2D eigenvalue weighted by molar-refractivity contribution is -0.145. The third-order valence-corrected chi connectivity index (χ3v) is 3.43. The molecule has 1 heterocycles. The maximum Gasteiger partial charge on any atom is 0.318 e. The number of urea groups is 1. The highest BCUT2D eigenvalue weighted by molar-refractivity contribution is 5.96. The fourth-order valence-electron chi connectivity index (χ4n) is 2.29. The van der Waals surface area contributed by atoms with Crippen LogP contribution in [0.2, 0.25) is 0 Å². The Balaban J connectivity index is 2.57. The van der Waals surface area contributed by atoms with Gasteiger partial charge in [-0.25, -0.2) is 4.79 Å². The summed E-state index contributed by atoms with van der Waals surface area (Å²) in [5.41, 5.74) is 4.88. The Kier molecular flexibility index (Phi) is 4.66. The van der Waals surface area contributed by atoms with Crippen LogP contribution in [0.4, 0.5) is 4.79 Å². The number of primary amides is 1. The summed E-state index contributed by atoms with van der Waals surface area (Å²) in [6, 6.07) is -1.37. The number of carbonyl (C=O) groups excluding carboxylic acids is 2. The van der Waals surface area contributed by atoms with E-state index in [1.54, 1.807) is 6.92 Å². The fraction of sp³-hybridized carbons (Fsp3) is 0.727. The lowest BCUT2D eigenvalue weighted by atomic mass is 9.86. The van der Waals surface area contributed by atoms with Crippen LogP contribution in [0.1, 0.15) is 20.3 Å². The van der Waals surface area contributed by atoms with E-state index in [-0.39, 0.29) is 11.8 Å². The van der Waals surface area contributed by atoms with E-state index in [1.807, 2.05) is 17.1 Å². The third-order valence-electron chi connectivity index (χ3n) is 3.43. The number of amides is 3. The van der Waals surface area contributed by atoms with Crippen LogP contribution in [0.3, 0.4) is 0 Å². The number of hydrogen-bond acceptors (Lipinski definition) is 4. The minimum atomic E-state index is -0.875. The number of piperidine rings is 1. The van der Waals surface area contributed by atoms with E-state index in [4.69, 9.17) is 10.8 Å². The molecule has 0 radical (unpaired) electrons. The van der Waals surface area contributed by atoms with Gasteiger partial charge in [-0.15, -0.1) is 0 Å². The number of aliphatic carboxylic acids is 1. The molecular formula is C11H19N3O4. The highest BCUT2D eigenvalue weighted by atomic mass is 16.4. The van der Waals surface area contributed by atoms with Crippen LogP contribution >= 0.6 is 0 Å². The molecule has 3 unspecified atom stereocenters. The molecule has 1 aliphatic rings. The number of carboxylic acids is 1. The Morgan fingerprint density at radius 3 is 2.50 bits per heavy atom. The normalized spacial score (nSPS) is 26.3. The molecule has 0 aliphatic carbocycles. The molecule has 1 rings (SSSR count). The Hall–Kier alpha value is -1.63. The number of nitrogens with two attached hydrogens (primary N) is 1. The molecule has 0 spiro atoms. The summed E-state index contributed by atoms with van der Waals surface area (Å²) in [7, 11) is 0. The van der Waals surface area contributed by atoms with Crippen LogP contribution in [0.15, 0.2) is 0 Å². The van der Waals surface area contributed by atoms with Crippen molar-refractivity contribution in [2.24, 2.45) is 17.6 Å². The summed E-state index contributed by atoms with van der Waals surface area (Å²) in [6.45, 7) is 4.56. The molecule has 3 atom stereocenters. The van der Waals surface area contributed by atoms with Crippen LogP contribution in [0.5, 0.6) is 0 Å². The molecule has 1 fully saturated rings. The Morgan fingerprint density at radius 2 is 2.06 bits per heavy atom. The third kappa shape index (κ3) is 3.43. The molecule has 102 valence electrons. The van der Waals surface area contributed by atoms with E-state index in [1.165, 1.54) is 0 Å². The van der Waals surface area contributed by atoms with Crippen molar-refractivity contribution in [3.05, 3.63) is 0 Å². The van der Waals surface area contributed by atoms with Gasteiger partial charge in [0.15, 0.2) is 0 Å². The summed E-state index contributed by atoms with van der Waals surface area (Å²) in [5, 5.41) is 11.0. The molecule has 4 N–H and O–H groups in total. The average molecular weight is 257 g/mol. The number of carbonyl (C=O) groups is 3. The zero-order valence-electron chi connectivity index (χ0n) is 10.5. The first-order chi connectivity index (χ1) is 8.32. The van der Waals surface area contributed by atoms with Gasteiger partial charge in [0.05, 0.1) is 12.0 Å². The predicted molar refractivity (Wildman–Crippen MR) is 63.7 cm³/mol. The molecule has 0 saturated carbocycles. The van der Waals surface area contributed by atoms with E-state index < -0.39 is 23.9 Å². The quantitative estimate of drug-likeness (QED) is 0.637. The van der Waals surface area contributed by atoms with Gasteiger partial charge in [-0.05, 0) is 25.8 Å². The van der Waals surface area contributed by atoms with Gasteiger partial charge in [-0.3, -0.25) is 19.8 Å². The van der Waals surface area contributed by atoms with E-state index in [9.17, 15) is 14.4 Å². The zero-order chi connectivity index (χ0) is 13.9. The fourth-order valence-corrected chi connectivity index (χ4v) is 2.29. The standard InChI is InChI=1S/C11H19N3O4/c1-6-5-14(4-3-8(6)10(16)17)7(2)9(15)13-11(12)18/h6-8H,3-5H2,1-2H3,(H,16,17)(H3,12,13,15,18). The molecule has 0 bridgehead atoms. The van der Waals surface area contributed by atoms with Gasteiger partial charge in [0.2, 0.25) is 5.91 Å². The van der Waals surface area contributed by atoms with Crippen LogP contribution < -0.4 is 11.1 Å². The molecule has 3 amide bonds. The molecule has 7 heteroatoms. The lowest BCUT2D eigenvalue weighted by Crippen LogP contribution is -2.53. The lowest BCUT2D eigenvalue weighted by Gasteiger charge is -2.37. The molecule has 7 nitrogen and oxygen atoms in total. The van der Waals surface area contributed by atoms with Gasteiger partial charge in [0, 0.05) is 6.54 Å². The second-order valence-corrected chi connectivity index (χ2v) is 4.74. The summed E-state index contributed by atoms with van der Waals surface area (Å²) in [5.74, 6) is -1.65. The number of hydrogen-bond donors (Lipinski definition) is 3. The maximum absolute atomic E-state index is 11.6. The van der Waals surface area contributed by atoms with Gasteiger partial charge < -0.3 is 10.8 Å². The van der Waals surface area contributed by atoms with E-state index in [0.29, 0.717) is 19.5 Å². The number of nitrogens with one attached hydrogen (secondary N) is 1. The van der Waals surface area contributed by atoms with Gasteiger partial charge in [0.1, 0.15) is 0 Å². The maximum atomic E-state index is 11.6. The Labute approximate surface area is 105 Å². The first kappa shape index (κ1) is 14.4. The molecular weight excluding hydrogens is 238 g/mol. The molecule has 1 aliphatic heterocycles. The molecule has 0 aromatic carbocycles. The van der Waals surface area contributed by atoms with Gasteiger partial charge in [0.25, 0.3) is 0 Å². The largest absolute Gasteiger partial charge is 0.481 e. The number of imide groups is 1. The van der Waals surface area contributed by atoms with Crippen LogP contribution in [-0.2, 0) is 9.59 Å². The first-order valence-electron chi connectivity index (χ1n) is 5.90. The number of carboxylic acid groups (broad SMARTS) is 1. The SMILES string of the molecule is CC1CN(C(C)C(=O)NC(N)=O)CCC1C(=O)O. The van der Waals surface area contributed by atoms with Crippen molar-refractivity contribution >= 4 is 17.9 Å². The van der Waals surface area contributed by atoms with Crippen molar-refractivity contribution in [1.82, 2.24) is 10.2 Å². The molecule has 1 saturated heterocycles. The summed E-state index contributed by atoms with van der Waals surface area (Å²) in [6.07, 6.45) is 0.505. The first-order valence-corrected chi connectivity index (χ1v) is 5.90. The number of rotatable bonds is 3. The van der Waals surface area contributed by atoms with Crippen LogP contribution in [0.25, 0.3) is 0 Å². The second kappa shape index (κ2) is 5.81. The van der Waals surface area contributed by atoms with Gasteiger partial charge in [-0.1, -0.05) is 6.92 Å². The molecule has 0 aromatic heterocycles. The van der Waals surface area contributed by atoms with Crippen molar-refractivity contribution in [2.75, 3.05) is 13.1 Å². The Bertz CT molecular complexity index is 358. The van der Waals surface area contributed by atoms with Crippen molar-refractivity contribution in [1.29, 1.82) is 0 Å². The van der Waals surface area contributed by atoms with Crippen molar-refractivity contribution in [2.45, 2.75) is 26.3 Å². The minimum Gasteiger partial charge on any atom is -0.481 e. The summed E-state index contributed by atoms with van der Waals surface area (Å²) < 4.78 is 0. The van der Waals surface area contributed by atoms with Crippen molar-refractivity contribution in [3.8, 4) is 0 Å². The highest BCUT2D eigenvalue weighted by Crippen LogP contribution is 2.24. The Morgan fingerprint density at radius 1 is 1.44 bits per heavy atom. The number of likely N-dealkylation sites (tertiary alicyclic amines) is 1. The van der Waals surface area contributed by atoms with Crippen molar-refractivity contribution < 1.29 is 19.5 Å². The molecule has 18 heavy (non-hydrogen) atoms. The van der Waals surface area contributed by atoms with Gasteiger partial charge >= 0.3 is 12.0 Å². The predicted octanol–water partition coefficient (Wildman–Crippen LogP) is -0.388. The average Bonchev–Trinajstić information content (AvgIpc) is 2.26.